The highest BCUT2D eigenvalue weighted by Gasteiger charge is 2.27. The summed E-state index contributed by atoms with van der Waals surface area (Å²) in [7, 11) is 0. The van der Waals surface area contributed by atoms with E-state index in [9.17, 15) is 14.0 Å². The third kappa shape index (κ3) is 4.02. The van der Waals surface area contributed by atoms with E-state index in [4.69, 9.17) is 4.74 Å². The maximum absolute atomic E-state index is 13.3. The number of nitrogens with zero attached hydrogens (tertiary/aromatic N) is 2. The summed E-state index contributed by atoms with van der Waals surface area (Å²) in [5.74, 6) is -1.33. The number of benzene rings is 2. The fourth-order valence-electron chi connectivity index (χ4n) is 4.60. The number of aryl methyl sites for hydroxylation is 2. The summed E-state index contributed by atoms with van der Waals surface area (Å²) < 4.78 is 20.3. The number of carbonyl (C=O) groups is 2. The summed E-state index contributed by atoms with van der Waals surface area (Å²) in [6, 6.07) is 11.9. The molecule has 32 heavy (non-hydrogen) atoms. The van der Waals surface area contributed by atoms with Gasteiger partial charge in [0, 0.05) is 16.9 Å². The zero-order valence-corrected chi connectivity index (χ0v) is 17.7. The number of esters is 1. The van der Waals surface area contributed by atoms with Gasteiger partial charge in [-0.25, -0.2) is 13.9 Å². The van der Waals surface area contributed by atoms with E-state index in [-0.39, 0.29) is 24.0 Å². The lowest BCUT2D eigenvalue weighted by Gasteiger charge is -2.14. The first kappa shape index (κ1) is 20.4. The third-order valence-electron chi connectivity index (χ3n) is 6.16. The molecule has 6 nitrogen and oxygen atoms in total. The molecule has 1 N–H and O–H groups in total. The Labute approximate surface area is 185 Å². The highest BCUT2D eigenvalue weighted by molar-refractivity contribution is 5.95. The molecule has 0 bridgehead atoms. The number of carbonyl (C=O) groups excluding carboxylic acids is 2. The molecule has 7 heteroatoms. The Bertz CT molecular complexity index is 1180. The first-order valence-corrected chi connectivity index (χ1v) is 11.0. The number of hydrogen-bond donors (Lipinski definition) is 1. The summed E-state index contributed by atoms with van der Waals surface area (Å²) in [5, 5.41) is 7.28. The van der Waals surface area contributed by atoms with E-state index >= 15 is 0 Å². The quantitative estimate of drug-likeness (QED) is 0.613. The van der Waals surface area contributed by atoms with Crippen molar-refractivity contribution in [2.24, 2.45) is 0 Å². The van der Waals surface area contributed by atoms with Crippen LogP contribution in [0.15, 0.2) is 42.5 Å². The lowest BCUT2D eigenvalue weighted by molar-refractivity contribution is -0.119. The van der Waals surface area contributed by atoms with Crippen molar-refractivity contribution in [3.05, 3.63) is 76.4 Å². The van der Waals surface area contributed by atoms with Gasteiger partial charge >= 0.3 is 5.97 Å². The van der Waals surface area contributed by atoms with Crippen molar-refractivity contribution in [2.75, 3.05) is 11.9 Å². The fourth-order valence-corrected chi connectivity index (χ4v) is 4.60. The molecule has 1 aromatic heterocycles. The van der Waals surface area contributed by atoms with Crippen LogP contribution in [0.3, 0.4) is 0 Å². The first-order valence-electron chi connectivity index (χ1n) is 11.0. The van der Waals surface area contributed by atoms with Crippen molar-refractivity contribution in [3.63, 3.8) is 0 Å². The van der Waals surface area contributed by atoms with Crippen LogP contribution < -0.4 is 5.32 Å². The van der Waals surface area contributed by atoms with Crippen LogP contribution in [0.5, 0.6) is 0 Å². The molecular formula is C25H24FN3O3. The lowest BCUT2D eigenvalue weighted by Crippen LogP contribution is -2.21. The van der Waals surface area contributed by atoms with Crippen LogP contribution in [0.25, 0.3) is 5.69 Å². The second kappa shape index (κ2) is 8.57. The second-order valence-electron chi connectivity index (χ2n) is 8.33. The molecule has 2 aliphatic rings. The zero-order chi connectivity index (χ0) is 22.1. The number of hydrogen-bond acceptors (Lipinski definition) is 4. The van der Waals surface area contributed by atoms with Crippen molar-refractivity contribution < 1.29 is 18.7 Å². The number of halogens is 1. The molecule has 0 unspecified atom stereocenters. The van der Waals surface area contributed by atoms with E-state index in [0.717, 1.165) is 56.2 Å². The largest absolute Gasteiger partial charge is 0.451 e. The monoisotopic (exact) mass is 433 g/mol. The standard InChI is InChI=1S/C25H24FN3O3/c26-18-9-12-20(13-10-18)29-22-7-2-1-6-21(22)24(28-29)25(31)32-15-23(30)27-19-11-8-16-4-3-5-17(16)14-19/h8-14H,1-7,15H2,(H,27,30). The van der Waals surface area contributed by atoms with Crippen LogP contribution in [0.4, 0.5) is 10.1 Å². The molecule has 0 saturated carbocycles. The van der Waals surface area contributed by atoms with E-state index in [1.807, 2.05) is 18.2 Å². The minimum atomic E-state index is -0.617. The Balaban J connectivity index is 1.29. The number of nitrogens with one attached hydrogen (secondary N) is 1. The molecule has 0 saturated heterocycles. The average molecular weight is 433 g/mol. The predicted octanol–water partition coefficient (Wildman–Crippen LogP) is 4.17. The number of fused-ring (bicyclic) bond motifs is 2. The van der Waals surface area contributed by atoms with Crippen molar-refractivity contribution in [1.29, 1.82) is 0 Å². The summed E-state index contributed by atoms with van der Waals surface area (Å²) >= 11 is 0. The molecule has 3 aromatic rings. The SMILES string of the molecule is O=C(COC(=O)c1nn(-c2ccc(F)cc2)c2c1CCCC2)Nc1ccc2c(c1)CCC2. The summed E-state index contributed by atoms with van der Waals surface area (Å²) in [6.45, 7) is -0.381. The maximum atomic E-state index is 13.3. The Morgan fingerprint density at radius 2 is 1.75 bits per heavy atom. The second-order valence-corrected chi connectivity index (χ2v) is 8.33. The molecule has 0 aliphatic heterocycles. The highest BCUT2D eigenvalue weighted by Crippen LogP contribution is 2.28. The molecule has 2 aliphatic carbocycles. The Morgan fingerprint density at radius 3 is 2.59 bits per heavy atom. The molecular weight excluding hydrogens is 409 g/mol. The number of anilines is 1. The minimum absolute atomic E-state index is 0.231. The van der Waals surface area contributed by atoms with Gasteiger partial charge in [-0.15, -0.1) is 0 Å². The van der Waals surface area contributed by atoms with Crippen LogP contribution >= 0.6 is 0 Å². The van der Waals surface area contributed by atoms with Gasteiger partial charge in [0.2, 0.25) is 0 Å². The highest BCUT2D eigenvalue weighted by atomic mass is 19.1. The first-order chi connectivity index (χ1) is 15.6. The number of rotatable bonds is 5. The van der Waals surface area contributed by atoms with Crippen LogP contribution in [0, 0.1) is 5.82 Å². The Hall–Kier alpha value is -3.48. The van der Waals surface area contributed by atoms with Crippen LogP contribution in [-0.4, -0.2) is 28.3 Å². The third-order valence-corrected chi connectivity index (χ3v) is 6.16. The van der Waals surface area contributed by atoms with Crippen molar-refractivity contribution in [2.45, 2.75) is 44.9 Å². The topological polar surface area (TPSA) is 73.2 Å². The van der Waals surface area contributed by atoms with E-state index in [1.165, 1.54) is 23.3 Å². The Kier molecular flexibility index (Phi) is 5.47. The predicted molar refractivity (Wildman–Crippen MR) is 118 cm³/mol. The molecule has 164 valence electrons. The number of aromatic nitrogens is 2. The smallest absolute Gasteiger partial charge is 0.359 e. The van der Waals surface area contributed by atoms with Gasteiger partial charge < -0.3 is 10.1 Å². The molecule has 0 spiro atoms. The summed E-state index contributed by atoms with van der Waals surface area (Å²) in [5.41, 5.74) is 6.02. The molecule has 5 rings (SSSR count). The van der Waals surface area contributed by atoms with Gasteiger partial charge in [-0.1, -0.05) is 6.07 Å². The molecule has 0 atom stereocenters. The molecule has 0 radical (unpaired) electrons. The minimum Gasteiger partial charge on any atom is -0.451 e. The zero-order valence-electron chi connectivity index (χ0n) is 17.7. The molecule has 1 heterocycles. The Morgan fingerprint density at radius 1 is 0.969 bits per heavy atom. The number of amides is 1. The molecule has 2 aromatic carbocycles. The summed E-state index contributed by atoms with van der Waals surface area (Å²) in [4.78, 5) is 25.1. The van der Waals surface area contributed by atoms with Crippen LogP contribution in [-0.2, 0) is 35.2 Å². The average Bonchev–Trinajstić information content (AvgIpc) is 3.42. The summed E-state index contributed by atoms with van der Waals surface area (Å²) in [6.07, 6.45) is 6.71. The van der Waals surface area contributed by atoms with Gasteiger partial charge in [0.15, 0.2) is 12.3 Å². The van der Waals surface area contributed by atoms with Gasteiger partial charge in [0.25, 0.3) is 5.91 Å². The van der Waals surface area contributed by atoms with E-state index < -0.39 is 5.97 Å². The van der Waals surface area contributed by atoms with Gasteiger partial charge in [-0.2, -0.15) is 5.10 Å². The molecule has 1 amide bonds. The van der Waals surface area contributed by atoms with E-state index in [0.29, 0.717) is 11.4 Å². The van der Waals surface area contributed by atoms with Crippen LogP contribution in [0.2, 0.25) is 0 Å². The van der Waals surface area contributed by atoms with Gasteiger partial charge in [0.1, 0.15) is 5.82 Å². The fraction of sp³-hybridized carbons (Fsp3) is 0.320. The van der Waals surface area contributed by atoms with Crippen molar-refractivity contribution in [3.8, 4) is 5.69 Å². The van der Waals surface area contributed by atoms with Crippen LogP contribution in [0.1, 0.15) is 52.1 Å². The number of ether oxygens (including phenoxy) is 1. The normalized spacial score (nSPS) is 14.5. The van der Waals surface area contributed by atoms with Gasteiger partial charge in [0.05, 0.1) is 5.69 Å². The maximum Gasteiger partial charge on any atom is 0.359 e. The van der Waals surface area contributed by atoms with Crippen molar-refractivity contribution in [1.82, 2.24) is 9.78 Å². The van der Waals surface area contributed by atoms with E-state index in [2.05, 4.69) is 10.4 Å². The molecule has 0 fully saturated rings. The van der Waals surface area contributed by atoms with Crippen molar-refractivity contribution >= 4 is 17.6 Å². The van der Waals surface area contributed by atoms with E-state index in [1.54, 1.807) is 16.8 Å². The van der Waals surface area contributed by atoms with Gasteiger partial charge in [-0.05, 0) is 92.5 Å². The van der Waals surface area contributed by atoms with Gasteiger partial charge in [-0.3, -0.25) is 4.79 Å². The lowest BCUT2D eigenvalue weighted by atomic mass is 9.95.